The maximum Gasteiger partial charge on any atom is 0.352 e. The summed E-state index contributed by atoms with van der Waals surface area (Å²) >= 11 is 0. The summed E-state index contributed by atoms with van der Waals surface area (Å²) in [6, 6.07) is 6.52. The molecule has 8 rings (SSSR count). The van der Waals surface area contributed by atoms with Crippen molar-refractivity contribution >= 4 is 29.2 Å². The molecule has 5 aliphatic heterocycles. The van der Waals surface area contributed by atoms with Gasteiger partial charge in [-0.3, -0.25) is 19.2 Å². The number of piperidine rings is 1. The molecular weight excluding hydrogens is 1000 g/mol. The summed E-state index contributed by atoms with van der Waals surface area (Å²) in [7, 11) is 4.35. The molecule has 2 saturated heterocycles. The van der Waals surface area contributed by atoms with Gasteiger partial charge < -0.3 is 43.9 Å². The van der Waals surface area contributed by atoms with Gasteiger partial charge in [0, 0.05) is 58.5 Å². The average molecular weight is 1090 g/mol. The fourth-order valence-electron chi connectivity index (χ4n) is 12.7. The van der Waals surface area contributed by atoms with Crippen molar-refractivity contribution in [3.8, 4) is 5.69 Å². The van der Waals surface area contributed by atoms with Crippen LogP contribution in [0.5, 0.6) is 0 Å². The van der Waals surface area contributed by atoms with Crippen LogP contribution in [0.4, 0.5) is 0 Å². The Balaban J connectivity index is 1.27. The lowest BCUT2D eigenvalue weighted by molar-refractivity contribution is -0.267. The highest BCUT2D eigenvalue weighted by atomic mass is 16.6. The number of hydrogen-bond donors (Lipinski definition) is 3. The Bertz CT molecular complexity index is 2690. The average Bonchev–Trinajstić information content (AvgIpc) is 3.95. The number of carbonyl (C=O) groups excluding carboxylic acids is 5. The third kappa shape index (κ3) is 12.6. The van der Waals surface area contributed by atoms with Crippen molar-refractivity contribution in [3.63, 3.8) is 0 Å². The highest BCUT2D eigenvalue weighted by Crippen LogP contribution is 2.40. The molecule has 1 aromatic heterocycles. The molecule has 4 bridgehead atoms. The third-order valence-corrected chi connectivity index (χ3v) is 17.6. The van der Waals surface area contributed by atoms with Gasteiger partial charge in [0.1, 0.15) is 35.7 Å². The van der Waals surface area contributed by atoms with E-state index in [-0.39, 0.29) is 67.7 Å². The quantitative estimate of drug-likeness (QED) is 0.181. The molecular formula is C59H84N4O15. The number of methoxy groups -OCH3 is 3. The number of para-hydroxylation sites is 1. The van der Waals surface area contributed by atoms with Crippen molar-refractivity contribution < 1.29 is 63.0 Å². The number of fused-ring (bicyclic) bond motifs is 15. The molecule has 0 spiro atoms. The number of ether oxygens (including phenoxy) is 5. The maximum atomic E-state index is 14.8. The molecule has 1 aromatic carbocycles. The van der Waals surface area contributed by atoms with Crippen molar-refractivity contribution in [3.05, 3.63) is 87.3 Å². The third-order valence-electron chi connectivity index (χ3n) is 17.6. The number of carbonyl (C=O) groups is 5. The molecule has 6 heterocycles. The van der Waals surface area contributed by atoms with Gasteiger partial charge in [-0.2, -0.15) is 0 Å². The van der Waals surface area contributed by atoms with Crippen LogP contribution in [0.1, 0.15) is 132 Å². The van der Waals surface area contributed by atoms with E-state index in [2.05, 4.69) is 0 Å². The summed E-state index contributed by atoms with van der Waals surface area (Å²) in [5.41, 5.74) is -1.97. The molecule has 1 saturated carbocycles. The fraction of sp³-hybridized carbons (Fsp3) is 0.678. The van der Waals surface area contributed by atoms with E-state index in [0.29, 0.717) is 62.6 Å². The predicted molar refractivity (Wildman–Crippen MR) is 288 cm³/mol. The summed E-state index contributed by atoms with van der Waals surface area (Å²) in [5, 5.41) is 34.6. The van der Waals surface area contributed by atoms with Crippen molar-refractivity contribution in [2.24, 2.45) is 35.5 Å². The number of Topliss-reactive ketones (excluding diaryl/α,β-unsaturated/α-hetero) is 3. The predicted octanol–water partition coefficient (Wildman–Crippen LogP) is 5.32. The molecule has 1 amide bonds. The first kappa shape index (κ1) is 60.5. The molecule has 19 heteroatoms. The fourth-order valence-corrected chi connectivity index (χ4v) is 12.7. The minimum Gasteiger partial charge on any atom is -0.460 e. The molecule has 430 valence electrons. The Morgan fingerprint density at radius 3 is 2.22 bits per heavy atom. The molecule has 2 aromatic rings. The first-order valence-electron chi connectivity index (χ1n) is 28.0. The highest BCUT2D eigenvalue weighted by molar-refractivity contribution is 6.39. The maximum absolute atomic E-state index is 14.8. The minimum atomic E-state index is -2.62. The van der Waals surface area contributed by atoms with Crippen LogP contribution in [-0.2, 0) is 53.2 Å². The normalized spacial score (nSPS) is 36.7. The van der Waals surface area contributed by atoms with Crippen LogP contribution in [0.25, 0.3) is 5.69 Å². The summed E-state index contributed by atoms with van der Waals surface area (Å²) in [6.45, 7) is 12.2. The van der Waals surface area contributed by atoms with Gasteiger partial charge in [0.15, 0.2) is 5.78 Å². The lowest BCUT2D eigenvalue weighted by Crippen LogP contribution is -2.61. The van der Waals surface area contributed by atoms with Gasteiger partial charge in [-0.05, 0) is 114 Å². The summed E-state index contributed by atoms with van der Waals surface area (Å²) in [4.78, 5) is 103. The van der Waals surface area contributed by atoms with Crippen LogP contribution in [0.2, 0.25) is 0 Å². The lowest BCUT2D eigenvalue weighted by Gasteiger charge is -2.45. The van der Waals surface area contributed by atoms with E-state index < -0.39 is 107 Å². The van der Waals surface area contributed by atoms with E-state index in [9.17, 15) is 48.9 Å². The molecule has 3 N–H and O–H groups in total. The SMILES string of the molecule is COC1CC(CC(C)C2CC(=O)C(C)C=C(C)C(O)C(OC)C(=O)C(C)CC(C)C=CC3C=CC(C)(C(OC)CC4CCC(C)C(O)(O4)C(=O)C(=O)N4CCCCC4C(=O)O2)n2c(=O)n(-c4ccccc4)c(=O)n23)CCC1O. The second kappa shape index (κ2) is 25.5. The Morgan fingerprint density at radius 2 is 1.54 bits per heavy atom. The van der Waals surface area contributed by atoms with Gasteiger partial charge in [-0.1, -0.05) is 83.2 Å². The van der Waals surface area contributed by atoms with Gasteiger partial charge in [-0.25, -0.2) is 28.3 Å². The minimum absolute atomic E-state index is 0.00376. The van der Waals surface area contributed by atoms with Gasteiger partial charge in [-0.15, -0.1) is 0 Å². The van der Waals surface area contributed by atoms with Crippen molar-refractivity contribution in [2.75, 3.05) is 27.9 Å². The van der Waals surface area contributed by atoms with Crippen LogP contribution in [0.3, 0.4) is 0 Å². The zero-order valence-corrected chi connectivity index (χ0v) is 47.2. The number of nitrogens with zero attached hydrogens (tertiary/aromatic N) is 4. The number of aromatic nitrogens is 3. The van der Waals surface area contributed by atoms with Gasteiger partial charge in [0.25, 0.3) is 11.7 Å². The summed E-state index contributed by atoms with van der Waals surface area (Å²) < 4.78 is 33.8. The number of allylic oxidation sites excluding steroid dienone is 4. The molecule has 6 aliphatic rings. The lowest BCUT2D eigenvalue weighted by atomic mass is 9.78. The highest BCUT2D eigenvalue weighted by Gasteiger charge is 2.54. The number of esters is 1. The molecule has 17 unspecified atom stereocenters. The smallest absolute Gasteiger partial charge is 0.352 e. The van der Waals surface area contributed by atoms with Crippen LogP contribution >= 0.6 is 0 Å². The van der Waals surface area contributed by atoms with Crippen LogP contribution < -0.4 is 11.4 Å². The molecule has 1 aliphatic carbocycles. The van der Waals surface area contributed by atoms with E-state index in [1.807, 2.05) is 19.9 Å². The number of rotatable bonds is 7. The summed E-state index contributed by atoms with van der Waals surface area (Å²) in [6.07, 6.45) is 6.50. The number of aliphatic hydroxyl groups excluding tert-OH is 2. The van der Waals surface area contributed by atoms with E-state index in [4.69, 9.17) is 23.7 Å². The van der Waals surface area contributed by atoms with E-state index >= 15 is 0 Å². The standard InChI is InChI=1S/C59H84N4O15/c1-34-19-22-42-25-26-58(7,63-57(72)61(56(71)62(42)63)41-16-12-11-13-17-41)49(75-9)32-43-23-20-39(6)59(73,78-43)53(68)54(69)60-27-15-14-18-44(60)55(70)77-47(36(3)30-40-21-24-45(64)48(31-40)74-8)33-46(65)35(2)29-38(5)51(67)52(76-10)50(66)37(4)28-34/h11-13,16-17,19,22,25-26,29,34-37,39-40,42-45,47-49,51-52,64,67,73H,14-15,18,20-21,23-24,27-28,30-33H2,1-10H3. The van der Waals surface area contributed by atoms with Gasteiger partial charge in [0.05, 0.1) is 36.1 Å². The number of amides is 1. The second-order valence-corrected chi connectivity index (χ2v) is 23.3. The van der Waals surface area contributed by atoms with Gasteiger partial charge in [0.2, 0.25) is 5.79 Å². The molecule has 17 atom stereocenters. The van der Waals surface area contributed by atoms with E-state index in [1.165, 1.54) is 23.6 Å². The van der Waals surface area contributed by atoms with Crippen molar-refractivity contribution in [1.29, 1.82) is 0 Å². The zero-order valence-electron chi connectivity index (χ0n) is 47.2. The second-order valence-electron chi connectivity index (χ2n) is 23.3. The zero-order chi connectivity index (χ0) is 57.0. The topological polar surface area (TPSA) is 244 Å². The first-order valence-corrected chi connectivity index (χ1v) is 28.0. The number of hydrogen-bond acceptors (Lipinski definition) is 15. The Hall–Kier alpha value is -5.15. The monoisotopic (exact) mass is 1090 g/mol. The van der Waals surface area contributed by atoms with E-state index in [0.717, 1.165) is 9.47 Å². The largest absolute Gasteiger partial charge is 0.460 e. The van der Waals surface area contributed by atoms with Crippen LogP contribution in [-0.4, -0.2) is 146 Å². The first-order chi connectivity index (χ1) is 37.0. The number of aliphatic hydroxyl groups is 3. The summed E-state index contributed by atoms with van der Waals surface area (Å²) in [5.74, 6) is -9.29. The van der Waals surface area contributed by atoms with Crippen molar-refractivity contribution in [1.82, 2.24) is 18.8 Å². The number of ketones is 3. The van der Waals surface area contributed by atoms with Crippen molar-refractivity contribution in [2.45, 2.75) is 192 Å². The Labute approximate surface area is 457 Å². The number of benzene rings is 1. The van der Waals surface area contributed by atoms with Crippen LogP contribution in [0, 0.1) is 35.5 Å². The molecule has 0 radical (unpaired) electrons. The molecule has 78 heavy (non-hydrogen) atoms. The Morgan fingerprint density at radius 1 is 0.821 bits per heavy atom. The Kier molecular flexibility index (Phi) is 19.8. The molecule has 19 nitrogen and oxygen atoms in total. The van der Waals surface area contributed by atoms with Gasteiger partial charge >= 0.3 is 17.3 Å². The van der Waals surface area contributed by atoms with Crippen LogP contribution in [0.15, 0.2) is 75.9 Å². The van der Waals surface area contributed by atoms with E-state index in [1.54, 1.807) is 96.4 Å². The molecule has 3 fully saturated rings.